The van der Waals surface area contributed by atoms with Crippen molar-refractivity contribution in [2.75, 3.05) is 25.9 Å². The number of carbonyl (C=O) groups is 2. The van der Waals surface area contributed by atoms with Gasteiger partial charge in [-0.3, -0.25) is 14.5 Å². The maximum Gasteiger partial charge on any atom is 0.345 e. The van der Waals surface area contributed by atoms with Gasteiger partial charge in [0.15, 0.2) is 0 Å². The summed E-state index contributed by atoms with van der Waals surface area (Å²) < 4.78 is 31.8. The number of allylic oxidation sites excluding steroid dienone is 1. The molecule has 2 atom stereocenters. The number of alkyl halides is 2. The van der Waals surface area contributed by atoms with Crippen LogP contribution in [-0.2, 0) is 9.53 Å². The van der Waals surface area contributed by atoms with Crippen LogP contribution >= 0.6 is 11.8 Å². The van der Waals surface area contributed by atoms with Gasteiger partial charge in [-0.05, 0) is 83.3 Å². The zero-order valence-corrected chi connectivity index (χ0v) is 25.1. The summed E-state index contributed by atoms with van der Waals surface area (Å²) in [5.74, 6) is -0.522. The first-order valence-electron chi connectivity index (χ1n) is 14.3. The molecule has 2 aromatic rings. The van der Waals surface area contributed by atoms with E-state index in [0.29, 0.717) is 36.3 Å². The van der Waals surface area contributed by atoms with Gasteiger partial charge in [-0.1, -0.05) is 0 Å². The highest BCUT2D eigenvalue weighted by Gasteiger charge is 2.38. The fourth-order valence-corrected chi connectivity index (χ4v) is 7.50. The fraction of sp³-hybridized carbons (Fsp3) is 0.600. The van der Waals surface area contributed by atoms with Crippen LogP contribution in [0.4, 0.5) is 8.78 Å². The number of aliphatic imine (C=N–C) groups is 1. The number of aryl methyl sites for hydroxylation is 1. The molecule has 2 aromatic heterocycles. The molecule has 0 spiro atoms. The van der Waals surface area contributed by atoms with Crippen molar-refractivity contribution >= 4 is 40.3 Å². The van der Waals surface area contributed by atoms with Crippen molar-refractivity contribution in [2.45, 2.75) is 78.2 Å². The van der Waals surface area contributed by atoms with Crippen LogP contribution in [0.2, 0.25) is 0 Å². The number of hydrogen-bond donors (Lipinski definition) is 1. The minimum Gasteiger partial charge on any atom is -0.351 e. The number of dihydropyridines is 1. The minimum absolute atomic E-state index is 0.129. The zero-order valence-electron chi connectivity index (χ0n) is 24.3. The molecule has 1 unspecified atom stereocenters. The molecule has 11 heteroatoms. The number of amides is 2. The molecule has 0 aromatic carbocycles. The van der Waals surface area contributed by atoms with Crippen molar-refractivity contribution in [3.05, 3.63) is 40.1 Å². The largest absolute Gasteiger partial charge is 0.351 e. The average Bonchev–Trinajstić information content (AvgIpc) is 3.19. The molecular formula is C30H39F2N5O3S. The lowest BCUT2D eigenvalue weighted by Crippen LogP contribution is -2.57. The number of halogens is 2. The van der Waals surface area contributed by atoms with Gasteiger partial charge in [-0.15, -0.1) is 11.8 Å². The standard InChI is InChI=1S/C30H39F2N5O3S/c1-16-10-23-26(29(39)34-13-24-25(41-5)11-17(2)35-28(24)38)19(4)37(27(23)33-12-16)18(3)20-6-8-21(9-7-20)36-14-22(15-36)40-30(31)32/h10-12,18,20-22,24,30H,6-9,13-15H2,1-5H3,(H,34,39)/t18-,20?,21?,24?/m1/s1. The third kappa shape index (κ3) is 6.12. The van der Waals surface area contributed by atoms with E-state index in [1.54, 1.807) is 6.92 Å². The number of ether oxygens (including phenoxy) is 1. The summed E-state index contributed by atoms with van der Waals surface area (Å²) in [4.78, 5) is 38.3. The van der Waals surface area contributed by atoms with Crippen LogP contribution in [0.5, 0.6) is 0 Å². The number of aromatic nitrogens is 2. The van der Waals surface area contributed by atoms with E-state index in [0.717, 1.165) is 52.9 Å². The number of carbonyl (C=O) groups excluding carboxylic acids is 2. The summed E-state index contributed by atoms with van der Waals surface area (Å²) in [6.07, 6.45) is 9.36. The molecule has 2 amide bonds. The first kappa shape index (κ1) is 29.8. The summed E-state index contributed by atoms with van der Waals surface area (Å²) >= 11 is 1.50. The van der Waals surface area contributed by atoms with Gasteiger partial charge in [0.2, 0.25) is 0 Å². The third-order valence-electron chi connectivity index (χ3n) is 8.95. The number of pyridine rings is 1. The first-order valence-corrected chi connectivity index (χ1v) is 15.6. The number of hydrogen-bond acceptors (Lipinski definition) is 6. The Kier molecular flexibility index (Phi) is 8.96. The van der Waals surface area contributed by atoms with Crippen molar-refractivity contribution in [3.8, 4) is 0 Å². The summed E-state index contributed by atoms with van der Waals surface area (Å²) in [5, 5.41) is 3.84. The molecule has 5 rings (SSSR count). The van der Waals surface area contributed by atoms with Gasteiger partial charge < -0.3 is 14.6 Å². The Hall–Kier alpha value is -2.63. The Balaban J connectivity index is 1.30. The molecule has 1 aliphatic carbocycles. The molecular weight excluding hydrogens is 548 g/mol. The van der Waals surface area contributed by atoms with Crippen molar-refractivity contribution < 1.29 is 23.1 Å². The van der Waals surface area contributed by atoms with E-state index < -0.39 is 12.5 Å². The lowest BCUT2D eigenvalue weighted by atomic mass is 9.80. The molecule has 1 saturated heterocycles. The molecule has 0 radical (unpaired) electrons. The Bertz CT molecular complexity index is 1380. The summed E-state index contributed by atoms with van der Waals surface area (Å²) in [5.41, 5.74) is 3.91. The van der Waals surface area contributed by atoms with Gasteiger partial charge in [-0.25, -0.2) is 9.98 Å². The normalized spacial score (nSPS) is 24.8. The Morgan fingerprint density at radius 1 is 1.20 bits per heavy atom. The first-order chi connectivity index (χ1) is 19.6. The molecule has 4 heterocycles. The second-order valence-corrected chi connectivity index (χ2v) is 12.5. The highest BCUT2D eigenvalue weighted by atomic mass is 32.2. The number of nitrogens with zero attached hydrogens (tertiary/aromatic N) is 4. The molecule has 1 saturated carbocycles. The second-order valence-electron chi connectivity index (χ2n) is 11.6. The molecule has 0 bridgehead atoms. The topological polar surface area (TPSA) is 88.8 Å². The molecule has 2 aliphatic heterocycles. The third-order valence-corrected chi connectivity index (χ3v) is 9.83. The molecule has 222 valence electrons. The molecule has 3 aliphatic rings. The minimum atomic E-state index is -2.71. The summed E-state index contributed by atoms with van der Waals surface area (Å²) in [7, 11) is 0. The number of rotatable bonds is 9. The highest BCUT2D eigenvalue weighted by molar-refractivity contribution is 8.02. The Labute approximate surface area is 244 Å². The van der Waals surface area contributed by atoms with Crippen LogP contribution in [0.1, 0.15) is 67.2 Å². The van der Waals surface area contributed by atoms with E-state index >= 15 is 0 Å². The van der Waals surface area contributed by atoms with Crippen molar-refractivity contribution in [2.24, 2.45) is 16.8 Å². The predicted molar refractivity (Wildman–Crippen MR) is 158 cm³/mol. The fourth-order valence-electron chi connectivity index (χ4n) is 6.74. The Morgan fingerprint density at radius 3 is 2.56 bits per heavy atom. The smallest absolute Gasteiger partial charge is 0.345 e. The molecule has 2 fully saturated rings. The van der Waals surface area contributed by atoms with E-state index in [9.17, 15) is 18.4 Å². The zero-order chi connectivity index (χ0) is 29.4. The van der Waals surface area contributed by atoms with Crippen LogP contribution in [-0.4, -0.2) is 76.6 Å². The van der Waals surface area contributed by atoms with Crippen molar-refractivity contribution in [1.29, 1.82) is 0 Å². The van der Waals surface area contributed by atoms with E-state index in [1.807, 2.05) is 38.4 Å². The number of thioether (sulfide) groups is 1. The van der Waals surface area contributed by atoms with Crippen molar-refractivity contribution in [1.82, 2.24) is 19.8 Å². The maximum absolute atomic E-state index is 13.7. The quantitative estimate of drug-likeness (QED) is 0.429. The number of nitrogens with one attached hydrogen (secondary N) is 1. The lowest BCUT2D eigenvalue weighted by Gasteiger charge is -2.46. The summed E-state index contributed by atoms with van der Waals surface area (Å²) in [6, 6.07) is 2.54. The molecule has 1 N–H and O–H groups in total. The van der Waals surface area contributed by atoms with Crippen LogP contribution in [0.15, 0.2) is 28.2 Å². The maximum atomic E-state index is 13.7. The van der Waals surface area contributed by atoms with Gasteiger partial charge in [0.05, 0.1) is 17.6 Å². The SMILES string of the molecule is CSC1=CC(C)=NC(=O)C1CNC(=O)c1c(C)n([C@H](C)C2CCC(N3CC(OC(F)F)C3)CC2)c2ncc(C)cc12. The average molecular weight is 588 g/mol. The molecule has 8 nitrogen and oxygen atoms in total. The van der Waals surface area contributed by atoms with Crippen LogP contribution in [0.25, 0.3) is 11.0 Å². The Morgan fingerprint density at radius 2 is 1.90 bits per heavy atom. The van der Waals surface area contributed by atoms with Gasteiger partial charge >= 0.3 is 6.61 Å². The second kappa shape index (κ2) is 12.3. The van der Waals surface area contributed by atoms with Gasteiger partial charge in [0.25, 0.3) is 11.8 Å². The predicted octanol–water partition coefficient (Wildman–Crippen LogP) is 5.29. The van der Waals surface area contributed by atoms with Crippen LogP contribution in [0.3, 0.4) is 0 Å². The highest BCUT2D eigenvalue weighted by Crippen LogP contribution is 2.39. The van der Waals surface area contributed by atoms with E-state index in [-0.39, 0.29) is 30.5 Å². The monoisotopic (exact) mass is 587 g/mol. The number of likely N-dealkylation sites (tertiary alicyclic amines) is 1. The lowest BCUT2D eigenvalue weighted by molar-refractivity contribution is -0.202. The summed E-state index contributed by atoms with van der Waals surface area (Å²) in [6.45, 7) is 6.57. The van der Waals surface area contributed by atoms with E-state index in [4.69, 9.17) is 4.98 Å². The van der Waals surface area contributed by atoms with Crippen LogP contribution in [0, 0.1) is 25.7 Å². The van der Waals surface area contributed by atoms with Gasteiger partial charge in [0.1, 0.15) is 5.65 Å². The van der Waals surface area contributed by atoms with Gasteiger partial charge in [0, 0.05) is 59.6 Å². The van der Waals surface area contributed by atoms with Gasteiger partial charge in [-0.2, -0.15) is 8.78 Å². The van der Waals surface area contributed by atoms with Crippen molar-refractivity contribution in [3.63, 3.8) is 0 Å². The van der Waals surface area contributed by atoms with E-state index in [2.05, 4.69) is 31.4 Å². The number of fused-ring (bicyclic) bond motifs is 1. The van der Waals surface area contributed by atoms with E-state index in [1.165, 1.54) is 11.8 Å². The van der Waals surface area contributed by atoms with Crippen LogP contribution < -0.4 is 5.32 Å². The molecule has 41 heavy (non-hydrogen) atoms.